The second kappa shape index (κ2) is 11.3. The summed E-state index contributed by atoms with van der Waals surface area (Å²) in [6.45, 7) is 2.37. The molecule has 37 heavy (non-hydrogen) atoms. The van der Waals surface area contributed by atoms with Gasteiger partial charge in [0.1, 0.15) is 21.5 Å². The molecule has 0 saturated heterocycles. The Bertz CT molecular complexity index is 1530. The summed E-state index contributed by atoms with van der Waals surface area (Å²) in [5.41, 5.74) is 3.30. The molecule has 2 aromatic carbocycles. The number of sulfone groups is 1. The van der Waals surface area contributed by atoms with E-state index in [4.69, 9.17) is 21.4 Å². The lowest BCUT2D eigenvalue weighted by Crippen LogP contribution is -2.32. The minimum Gasteiger partial charge on any atom is -0.496 e. The lowest BCUT2D eigenvalue weighted by atomic mass is 10.0. The third-order valence-corrected chi connectivity index (χ3v) is 9.88. The molecule has 1 atom stereocenters. The summed E-state index contributed by atoms with van der Waals surface area (Å²) in [5, 5.41) is 5.40. The van der Waals surface area contributed by atoms with Gasteiger partial charge >= 0.3 is 0 Å². The van der Waals surface area contributed by atoms with Crippen LogP contribution in [0.15, 0.2) is 58.8 Å². The predicted octanol–water partition coefficient (Wildman–Crippen LogP) is 5.23. The van der Waals surface area contributed by atoms with Gasteiger partial charge in [0.15, 0.2) is 9.84 Å². The fourth-order valence-electron chi connectivity index (χ4n) is 4.20. The van der Waals surface area contributed by atoms with E-state index in [0.717, 1.165) is 28.0 Å². The summed E-state index contributed by atoms with van der Waals surface area (Å²) < 4.78 is 34.2. The highest BCUT2D eigenvalue weighted by Crippen LogP contribution is 2.33. The number of methoxy groups -OCH3 is 1. The Kier molecular flexibility index (Phi) is 8.38. The number of rotatable bonds is 11. The summed E-state index contributed by atoms with van der Waals surface area (Å²) in [6, 6.07) is 16.6. The molecule has 0 aliphatic heterocycles. The van der Waals surface area contributed by atoms with Gasteiger partial charge in [-0.25, -0.2) is 8.42 Å². The largest absolute Gasteiger partial charge is 0.496 e. The zero-order chi connectivity index (χ0) is 26.7. The van der Waals surface area contributed by atoms with Crippen molar-refractivity contribution < 1.29 is 17.9 Å². The van der Waals surface area contributed by atoms with E-state index in [1.807, 2.05) is 60.9 Å². The van der Waals surface area contributed by atoms with Crippen LogP contribution >= 0.6 is 22.9 Å². The first kappa shape index (κ1) is 27.3. The van der Waals surface area contributed by atoms with Crippen molar-refractivity contribution in [2.75, 3.05) is 21.2 Å². The molecule has 0 amide bonds. The number of nitrogens with zero attached hydrogens (tertiary/aromatic N) is 3. The van der Waals surface area contributed by atoms with E-state index < -0.39 is 9.84 Å². The molecular weight excluding hydrogens is 530 g/mol. The molecule has 0 aliphatic carbocycles. The zero-order valence-corrected chi connectivity index (χ0v) is 23.7. The number of aromatic nitrogens is 2. The molecule has 7 nitrogen and oxygen atoms in total. The number of fused-ring (bicyclic) bond motifs is 1. The number of thiophene rings is 1. The van der Waals surface area contributed by atoms with Gasteiger partial charge < -0.3 is 4.74 Å². The molecule has 0 radical (unpaired) electrons. The van der Waals surface area contributed by atoms with Crippen LogP contribution in [0.4, 0.5) is 0 Å². The molecule has 196 valence electrons. The Hall–Kier alpha value is -2.72. The van der Waals surface area contributed by atoms with Gasteiger partial charge in [-0.05, 0) is 62.8 Å². The molecule has 0 N–H and O–H groups in total. The Morgan fingerprint density at radius 1 is 1.14 bits per heavy atom. The molecular formula is C27H30ClN3O4S2. The van der Waals surface area contributed by atoms with Gasteiger partial charge in [0.2, 0.25) is 0 Å². The number of benzene rings is 2. The van der Waals surface area contributed by atoms with Crippen LogP contribution in [-0.4, -0.2) is 56.1 Å². The monoisotopic (exact) mass is 559 g/mol. The van der Waals surface area contributed by atoms with Crippen molar-refractivity contribution in [3.63, 3.8) is 0 Å². The van der Waals surface area contributed by atoms with Crippen molar-refractivity contribution >= 4 is 49.5 Å². The standard InChI is InChI=1S/C27H30ClN3O4S2/c1-18(30(2)3)23(32)12-11-19-7-5-8-20(15-19)16-31-22-9-6-10-24(35-4)27(22)21(29-31)17-37(33,34)26-14-13-25(28)36-26/h5-10,13-15,18H,11-12,16-17H2,1-4H3. The van der Waals surface area contributed by atoms with Crippen LogP contribution in [0, 0.1) is 0 Å². The van der Waals surface area contributed by atoms with Gasteiger partial charge in [0.05, 0.1) is 40.6 Å². The number of Topliss-reactive ketones (excluding diaryl/α,β-unsaturated/α-hetero) is 1. The second-order valence-corrected chi connectivity index (χ2v) is 13.1. The van der Waals surface area contributed by atoms with Gasteiger partial charge in [0, 0.05) is 6.42 Å². The number of likely N-dealkylation sites (N-methyl/N-ethyl adjacent to an activating group) is 1. The van der Waals surface area contributed by atoms with Crippen molar-refractivity contribution in [2.24, 2.45) is 0 Å². The third kappa shape index (κ3) is 6.23. The molecule has 0 aliphatic rings. The minimum absolute atomic E-state index is 0.117. The quantitative estimate of drug-likeness (QED) is 0.250. The van der Waals surface area contributed by atoms with E-state index in [1.54, 1.807) is 19.2 Å². The molecule has 0 spiro atoms. The summed E-state index contributed by atoms with van der Waals surface area (Å²) in [6.07, 6.45) is 1.13. The predicted molar refractivity (Wildman–Crippen MR) is 149 cm³/mol. The van der Waals surface area contributed by atoms with Crippen LogP contribution in [-0.2, 0) is 33.4 Å². The number of hydrogen-bond donors (Lipinski definition) is 0. The van der Waals surface area contributed by atoms with Crippen molar-refractivity contribution in [3.8, 4) is 5.75 Å². The van der Waals surface area contributed by atoms with Crippen LogP contribution < -0.4 is 4.74 Å². The van der Waals surface area contributed by atoms with Gasteiger partial charge in [-0.15, -0.1) is 11.3 Å². The van der Waals surface area contributed by atoms with Crippen LogP contribution in [0.3, 0.4) is 0 Å². The normalized spacial score (nSPS) is 12.8. The minimum atomic E-state index is -3.64. The third-order valence-electron chi connectivity index (χ3n) is 6.44. The van der Waals surface area contributed by atoms with E-state index in [1.165, 1.54) is 6.07 Å². The number of ether oxygens (including phenoxy) is 1. The molecule has 4 rings (SSSR count). The maximum atomic E-state index is 13.1. The lowest BCUT2D eigenvalue weighted by Gasteiger charge is -2.18. The van der Waals surface area contributed by atoms with Crippen molar-refractivity contribution in [1.29, 1.82) is 0 Å². The first-order valence-corrected chi connectivity index (χ1v) is 14.7. The van der Waals surface area contributed by atoms with E-state index in [2.05, 4.69) is 6.07 Å². The highest BCUT2D eigenvalue weighted by Gasteiger charge is 2.24. The Labute approximate surface area is 226 Å². The fraction of sp³-hybridized carbons (Fsp3) is 0.333. The first-order chi connectivity index (χ1) is 17.6. The molecule has 2 aromatic heterocycles. The number of hydrogen-bond acceptors (Lipinski definition) is 7. The van der Waals surface area contributed by atoms with E-state index in [0.29, 0.717) is 40.6 Å². The van der Waals surface area contributed by atoms with Crippen LogP contribution in [0.1, 0.15) is 30.2 Å². The lowest BCUT2D eigenvalue weighted by molar-refractivity contribution is -0.122. The number of aryl methyl sites for hydroxylation is 1. The molecule has 2 heterocycles. The van der Waals surface area contributed by atoms with Gasteiger partial charge in [-0.3, -0.25) is 14.4 Å². The highest BCUT2D eigenvalue weighted by atomic mass is 35.5. The Morgan fingerprint density at radius 2 is 1.86 bits per heavy atom. The van der Waals surface area contributed by atoms with Crippen molar-refractivity contribution in [2.45, 2.75) is 42.3 Å². The second-order valence-electron chi connectivity index (χ2n) is 9.20. The molecule has 10 heteroatoms. The van der Waals surface area contributed by atoms with E-state index >= 15 is 0 Å². The Morgan fingerprint density at radius 3 is 2.54 bits per heavy atom. The number of carbonyl (C=O) groups is 1. The average molecular weight is 560 g/mol. The van der Waals surface area contributed by atoms with Crippen LogP contribution in [0.5, 0.6) is 5.75 Å². The molecule has 1 unspecified atom stereocenters. The molecule has 0 fully saturated rings. The maximum absolute atomic E-state index is 13.1. The van der Waals surface area contributed by atoms with E-state index in [9.17, 15) is 13.2 Å². The number of halogens is 1. The number of carbonyl (C=O) groups excluding carboxylic acids is 1. The van der Waals surface area contributed by atoms with Crippen LogP contribution in [0.25, 0.3) is 10.9 Å². The number of ketones is 1. The van der Waals surface area contributed by atoms with E-state index in [-0.39, 0.29) is 21.8 Å². The highest BCUT2D eigenvalue weighted by molar-refractivity contribution is 7.92. The Balaban J connectivity index is 1.62. The SMILES string of the molecule is COc1cccc2c1c(CS(=O)(=O)c1ccc(Cl)s1)nn2Cc1cccc(CCC(=O)C(C)N(C)C)c1. The summed E-state index contributed by atoms with van der Waals surface area (Å²) >= 11 is 7.02. The van der Waals surface area contributed by atoms with Crippen LogP contribution in [0.2, 0.25) is 4.34 Å². The molecule has 0 bridgehead atoms. The average Bonchev–Trinajstić information content (AvgIpc) is 3.46. The fourth-order valence-corrected chi connectivity index (χ4v) is 7.05. The molecule has 4 aromatic rings. The summed E-state index contributed by atoms with van der Waals surface area (Å²) in [4.78, 5) is 14.4. The van der Waals surface area contributed by atoms with Gasteiger partial charge in [-0.1, -0.05) is 41.9 Å². The molecule has 0 saturated carbocycles. The summed E-state index contributed by atoms with van der Waals surface area (Å²) in [5.74, 6) is 0.513. The first-order valence-electron chi connectivity index (χ1n) is 11.9. The maximum Gasteiger partial charge on any atom is 0.193 e. The van der Waals surface area contributed by atoms with Crippen molar-refractivity contribution in [1.82, 2.24) is 14.7 Å². The topological polar surface area (TPSA) is 81.5 Å². The van der Waals surface area contributed by atoms with Crippen molar-refractivity contribution in [3.05, 3.63) is 75.8 Å². The summed E-state index contributed by atoms with van der Waals surface area (Å²) in [7, 11) is 1.73. The smallest absolute Gasteiger partial charge is 0.193 e. The zero-order valence-electron chi connectivity index (χ0n) is 21.3. The van der Waals surface area contributed by atoms with Gasteiger partial charge in [0.25, 0.3) is 0 Å². The van der Waals surface area contributed by atoms with Gasteiger partial charge in [-0.2, -0.15) is 5.10 Å².